The van der Waals surface area contributed by atoms with Gasteiger partial charge in [0.1, 0.15) is 0 Å². The smallest absolute Gasteiger partial charge is 0.0606 e. The zero-order valence-electron chi connectivity index (χ0n) is 8.69. The van der Waals surface area contributed by atoms with Gasteiger partial charge >= 0.3 is 0 Å². The maximum absolute atomic E-state index is 8.89. The second kappa shape index (κ2) is 5.83. The molecule has 0 bridgehead atoms. The van der Waals surface area contributed by atoms with Crippen molar-refractivity contribution in [1.82, 2.24) is 4.90 Å². The number of hydrogen-bond acceptors (Lipinski definition) is 3. The minimum absolute atomic E-state index is 0.125. The summed E-state index contributed by atoms with van der Waals surface area (Å²) >= 11 is 0. The van der Waals surface area contributed by atoms with Crippen LogP contribution in [0.25, 0.3) is 0 Å². The molecule has 2 N–H and O–H groups in total. The Morgan fingerprint density at radius 1 is 1.36 bits per heavy atom. The second-order valence-corrected chi connectivity index (χ2v) is 3.64. The highest BCUT2D eigenvalue weighted by Gasteiger charge is 2.10. The lowest BCUT2D eigenvalue weighted by molar-refractivity contribution is 0.191. The zero-order chi connectivity index (χ0) is 10.4. The Labute approximate surface area is 85.4 Å². The first kappa shape index (κ1) is 11.3. The monoisotopic (exact) mass is 197 g/mol. The van der Waals surface area contributed by atoms with E-state index in [1.807, 2.05) is 4.90 Å². The number of aliphatic hydroxyl groups is 2. The van der Waals surface area contributed by atoms with Crippen molar-refractivity contribution >= 4 is 0 Å². The largest absolute Gasteiger partial charge is 0.395 e. The molecule has 3 heteroatoms. The average molecular weight is 197 g/mol. The van der Waals surface area contributed by atoms with Crippen LogP contribution in [0.1, 0.15) is 13.3 Å². The van der Waals surface area contributed by atoms with Gasteiger partial charge in [0.25, 0.3) is 0 Å². The zero-order valence-corrected chi connectivity index (χ0v) is 8.69. The molecular formula is C11H19NO2. The highest BCUT2D eigenvalue weighted by Crippen LogP contribution is 2.18. The van der Waals surface area contributed by atoms with Gasteiger partial charge in [-0.15, -0.1) is 0 Å². The number of rotatable bonds is 5. The van der Waals surface area contributed by atoms with Crippen LogP contribution in [-0.4, -0.2) is 41.4 Å². The van der Waals surface area contributed by atoms with Gasteiger partial charge in [-0.25, -0.2) is 0 Å². The molecular weight excluding hydrogens is 178 g/mol. The molecule has 0 heterocycles. The van der Waals surface area contributed by atoms with E-state index in [0.717, 1.165) is 12.1 Å². The Morgan fingerprint density at radius 3 is 2.50 bits per heavy atom. The average Bonchev–Trinajstić information content (AvgIpc) is 2.17. The molecule has 1 unspecified atom stereocenters. The van der Waals surface area contributed by atoms with E-state index in [4.69, 9.17) is 10.2 Å². The summed E-state index contributed by atoms with van der Waals surface area (Å²) in [7, 11) is 0. The summed E-state index contributed by atoms with van der Waals surface area (Å²) in [6.07, 6.45) is 7.47. The third-order valence-electron chi connectivity index (χ3n) is 2.36. The molecule has 0 spiro atoms. The number of aliphatic hydroxyl groups excluding tert-OH is 2. The molecule has 0 saturated carbocycles. The normalized spacial score (nSPS) is 20.8. The van der Waals surface area contributed by atoms with Crippen LogP contribution in [0.3, 0.4) is 0 Å². The molecule has 0 radical (unpaired) electrons. The number of hydrogen-bond donors (Lipinski definition) is 2. The van der Waals surface area contributed by atoms with Gasteiger partial charge in [-0.1, -0.05) is 19.1 Å². The predicted octanol–water partition coefficient (Wildman–Crippen LogP) is 0.753. The van der Waals surface area contributed by atoms with Crippen molar-refractivity contribution in [3.8, 4) is 0 Å². The van der Waals surface area contributed by atoms with Crippen molar-refractivity contribution in [2.45, 2.75) is 13.3 Å². The van der Waals surface area contributed by atoms with Crippen molar-refractivity contribution in [2.75, 3.05) is 26.3 Å². The fourth-order valence-electron chi connectivity index (χ4n) is 1.64. The Hall–Kier alpha value is -0.800. The Balaban J connectivity index is 2.61. The van der Waals surface area contributed by atoms with Gasteiger partial charge in [0.15, 0.2) is 0 Å². The summed E-state index contributed by atoms with van der Waals surface area (Å²) in [4.78, 5) is 2.01. The maximum Gasteiger partial charge on any atom is 0.0606 e. The van der Waals surface area contributed by atoms with Gasteiger partial charge in [0.2, 0.25) is 0 Å². The van der Waals surface area contributed by atoms with Crippen LogP contribution in [0.15, 0.2) is 23.9 Å². The topological polar surface area (TPSA) is 43.7 Å². The van der Waals surface area contributed by atoms with Crippen LogP contribution >= 0.6 is 0 Å². The summed E-state index contributed by atoms with van der Waals surface area (Å²) < 4.78 is 0. The lowest BCUT2D eigenvalue weighted by Gasteiger charge is -2.26. The molecule has 0 fully saturated rings. The van der Waals surface area contributed by atoms with E-state index in [9.17, 15) is 0 Å². The standard InChI is InChI=1S/C11H19NO2/c1-10-3-2-4-11(9-10)12(5-7-13)6-8-14/h2,4,9-10,13-14H,3,5-8H2,1H3. The molecule has 1 rings (SSSR count). The van der Waals surface area contributed by atoms with Gasteiger partial charge in [-0.05, 0) is 18.4 Å². The fraction of sp³-hybridized carbons (Fsp3) is 0.636. The van der Waals surface area contributed by atoms with E-state index in [2.05, 4.69) is 25.2 Å². The maximum atomic E-state index is 8.89. The molecule has 1 aliphatic rings. The molecule has 0 aromatic heterocycles. The predicted molar refractivity (Wildman–Crippen MR) is 56.7 cm³/mol. The number of allylic oxidation sites excluding steroid dienone is 3. The molecule has 3 nitrogen and oxygen atoms in total. The van der Waals surface area contributed by atoms with Crippen LogP contribution in [-0.2, 0) is 0 Å². The Bertz CT molecular complexity index is 217. The van der Waals surface area contributed by atoms with Crippen LogP contribution in [0.4, 0.5) is 0 Å². The second-order valence-electron chi connectivity index (χ2n) is 3.64. The Kier molecular flexibility index (Phi) is 4.70. The summed E-state index contributed by atoms with van der Waals surface area (Å²) in [6, 6.07) is 0. The first-order valence-corrected chi connectivity index (χ1v) is 5.13. The van der Waals surface area contributed by atoms with Gasteiger partial charge in [0, 0.05) is 18.8 Å². The van der Waals surface area contributed by atoms with Crippen molar-refractivity contribution in [3.63, 3.8) is 0 Å². The quantitative estimate of drug-likeness (QED) is 0.683. The summed E-state index contributed by atoms with van der Waals surface area (Å²) in [6.45, 7) is 3.59. The van der Waals surface area contributed by atoms with E-state index in [-0.39, 0.29) is 13.2 Å². The van der Waals surface area contributed by atoms with Crippen molar-refractivity contribution in [1.29, 1.82) is 0 Å². The molecule has 0 saturated heterocycles. The van der Waals surface area contributed by atoms with Crippen LogP contribution < -0.4 is 0 Å². The highest BCUT2D eigenvalue weighted by atomic mass is 16.3. The number of nitrogens with zero attached hydrogens (tertiary/aromatic N) is 1. The lowest BCUT2D eigenvalue weighted by Crippen LogP contribution is -2.29. The molecule has 0 aromatic carbocycles. The van der Waals surface area contributed by atoms with Gasteiger partial charge in [0.05, 0.1) is 13.2 Å². The fourth-order valence-corrected chi connectivity index (χ4v) is 1.64. The van der Waals surface area contributed by atoms with Crippen LogP contribution in [0.2, 0.25) is 0 Å². The van der Waals surface area contributed by atoms with E-state index < -0.39 is 0 Å². The van der Waals surface area contributed by atoms with Crippen molar-refractivity contribution in [2.24, 2.45) is 5.92 Å². The van der Waals surface area contributed by atoms with Crippen molar-refractivity contribution < 1.29 is 10.2 Å². The summed E-state index contributed by atoms with van der Waals surface area (Å²) in [5.41, 5.74) is 1.12. The van der Waals surface area contributed by atoms with Gasteiger partial charge in [-0.3, -0.25) is 0 Å². The van der Waals surface area contributed by atoms with Crippen molar-refractivity contribution in [3.05, 3.63) is 23.9 Å². The van der Waals surface area contributed by atoms with Crippen LogP contribution in [0.5, 0.6) is 0 Å². The highest BCUT2D eigenvalue weighted by molar-refractivity contribution is 5.22. The van der Waals surface area contributed by atoms with E-state index in [1.165, 1.54) is 0 Å². The minimum atomic E-state index is 0.125. The van der Waals surface area contributed by atoms with E-state index in [0.29, 0.717) is 19.0 Å². The summed E-state index contributed by atoms with van der Waals surface area (Å²) in [5.74, 6) is 0.551. The third kappa shape index (κ3) is 3.16. The van der Waals surface area contributed by atoms with E-state index in [1.54, 1.807) is 0 Å². The van der Waals surface area contributed by atoms with Crippen LogP contribution in [0, 0.1) is 5.92 Å². The lowest BCUT2D eigenvalue weighted by atomic mass is 10.0. The van der Waals surface area contributed by atoms with E-state index >= 15 is 0 Å². The molecule has 80 valence electrons. The molecule has 0 aliphatic heterocycles. The molecule has 1 atom stereocenters. The Morgan fingerprint density at radius 2 is 2.00 bits per heavy atom. The molecule has 0 aromatic rings. The third-order valence-corrected chi connectivity index (χ3v) is 2.36. The molecule has 0 amide bonds. The van der Waals surface area contributed by atoms with Gasteiger partial charge < -0.3 is 15.1 Å². The SMILES string of the molecule is CC1C=C(N(CCO)CCO)C=CC1. The summed E-state index contributed by atoms with van der Waals surface area (Å²) in [5, 5.41) is 17.8. The minimum Gasteiger partial charge on any atom is -0.395 e. The first-order valence-electron chi connectivity index (χ1n) is 5.13. The van der Waals surface area contributed by atoms with Gasteiger partial charge in [-0.2, -0.15) is 0 Å². The molecule has 1 aliphatic carbocycles. The first-order chi connectivity index (χ1) is 6.77. The molecule has 14 heavy (non-hydrogen) atoms.